The van der Waals surface area contributed by atoms with Gasteiger partial charge >= 0.3 is 5.97 Å². The number of carbonyl (C=O) groups is 1. The molecule has 1 aliphatic heterocycles. The molecule has 1 aliphatic carbocycles. The first-order valence-electron chi connectivity index (χ1n) is 7.85. The van der Waals surface area contributed by atoms with Gasteiger partial charge in [-0.1, -0.05) is 20.8 Å². The largest absolute Gasteiger partial charge is 0.481 e. The van der Waals surface area contributed by atoms with E-state index in [4.69, 9.17) is 0 Å². The van der Waals surface area contributed by atoms with Gasteiger partial charge in [0.05, 0.1) is 5.92 Å². The summed E-state index contributed by atoms with van der Waals surface area (Å²) in [4.78, 5) is 13.6. The van der Waals surface area contributed by atoms with Gasteiger partial charge in [-0.3, -0.25) is 9.69 Å². The van der Waals surface area contributed by atoms with Gasteiger partial charge in [-0.15, -0.1) is 0 Å². The van der Waals surface area contributed by atoms with Gasteiger partial charge in [0, 0.05) is 12.6 Å². The third-order valence-electron chi connectivity index (χ3n) is 5.24. The Morgan fingerprint density at radius 3 is 2.26 bits per heavy atom. The second kappa shape index (κ2) is 5.82. The molecule has 0 aromatic carbocycles. The lowest BCUT2D eigenvalue weighted by molar-refractivity contribution is -0.144. The standard InChI is InChI=1S/C16H29NO2/c1-16(2,3)13-6-8-14(9-7-13)17-10-4-5-12(11-17)15(18)19/h12-14H,4-11H2,1-3H3,(H,18,19). The number of carboxylic acid groups (broad SMARTS) is 1. The maximum atomic E-state index is 11.1. The van der Waals surface area contributed by atoms with E-state index >= 15 is 0 Å². The molecule has 110 valence electrons. The average Bonchev–Trinajstić information content (AvgIpc) is 2.38. The summed E-state index contributed by atoms with van der Waals surface area (Å²) in [7, 11) is 0. The van der Waals surface area contributed by atoms with E-state index in [2.05, 4.69) is 25.7 Å². The fraction of sp³-hybridized carbons (Fsp3) is 0.938. The summed E-state index contributed by atoms with van der Waals surface area (Å²) < 4.78 is 0. The van der Waals surface area contributed by atoms with Gasteiger partial charge in [0.15, 0.2) is 0 Å². The Labute approximate surface area is 117 Å². The van der Waals surface area contributed by atoms with E-state index in [-0.39, 0.29) is 5.92 Å². The minimum Gasteiger partial charge on any atom is -0.481 e. The van der Waals surface area contributed by atoms with Gasteiger partial charge in [-0.2, -0.15) is 0 Å². The van der Waals surface area contributed by atoms with Crippen LogP contribution in [0.15, 0.2) is 0 Å². The molecule has 1 heterocycles. The van der Waals surface area contributed by atoms with Gasteiger partial charge in [0.1, 0.15) is 0 Å². The van der Waals surface area contributed by atoms with Gasteiger partial charge in [0.25, 0.3) is 0 Å². The van der Waals surface area contributed by atoms with Crippen molar-refractivity contribution in [3.05, 3.63) is 0 Å². The van der Waals surface area contributed by atoms with E-state index in [0.717, 1.165) is 31.8 Å². The maximum absolute atomic E-state index is 11.1. The highest BCUT2D eigenvalue weighted by Crippen LogP contribution is 2.39. The van der Waals surface area contributed by atoms with Crippen LogP contribution in [-0.4, -0.2) is 35.1 Å². The van der Waals surface area contributed by atoms with Crippen LogP contribution in [0, 0.1) is 17.3 Å². The molecule has 1 unspecified atom stereocenters. The molecule has 0 bridgehead atoms. The molecule has 2 rings (SSSR count). The highest BCUT2D eigenvalue weighted by atomic mass is 16.4. The molecule has 1 saturated carbocycles. The highest BCUT2D eigenvalue weighted by Gasteiger charge is 2.34. The molecule has 2 fully saturated rings. The van der Waals surface area contributed by atoms with Crippen LogP contribution < -0.4 is 0 Å². The van der Waals surface area contributed by atoms with Crippen LogP contribution in [0.1, 0.15) is 59.3 Å². The number of nitrogens with zero attached hydrogens (tertiary/aromatic N) is 1. The zero-order valence-electron chi connectivity index (χ0n) is 12.7. The van der Waals surface area contributed by atoms with Crippen molar-refractivity contribution in [3.63, 3.8) is 0 Å². The van der Waals surface area contributed by atoms with Gasteiger partial charge in [0.2, 0.25) is 0 Å². The zero-order chi connectivity index (χ0) is 14.0. The predicted octanol–water partition coefficient (Wildman–Crippen LogP) is 3.39. The minimum absolute atomic E-state index is 0.130. The highest BCUT2D eigenvalue weighted by molar-refractivity contribution is 5.70. The Hall–Kier alpha value is -0.570. The Morgan fingerprint density at radius 1 is 1.11 bits per heavy atom. The molecular formula is C16H29NO2. The smallest absolute Gasteiger partial charge is 0.307 e. The fourth-order valence-corrected chi connectivity index (χ4v) is 3.85. The van der Waals surface area contributed by atoms with Crippen molar-refractivity contribution in [1.29, 1.82) is 0 Å². The van der Waals surface area contributed by atoms with E-state index < -0.39 is 5.97 Å². The number of carboxylic acids is 1. The lowest BCUT2D eigenvalue weighted by atomic mass is 9.71. The van der Waals surface area contributed by atoms with Crippen LogP contribution in [-0.2, 0) is 4.79 Å². The normalized spacial score (nSPS) is 34.2. The lowest BCUT2D eigenvalue weighted by Gasteiger charge is -2.43. The molecule has 1 N–H and O–H groups in total. The first-order chi connectivity index (χ1) is 8.88. The molecule has 0 aromatic heterocycles. The van der Waals surface area contributed by atoms with Crippen molar-refractivity contribution in [1.82, 2.24) is 4.90 Å². The number of hydrogen-bond donors (Lipinski definition) is 1. The fourth-order valence-electron chi connectivity index (χ4n) is 3.85. The molecule has 1 saturated heterocycles. The van der Waals surface area contributed by atoms with E-state index in [1.807, 2.05) is 0 Å². The summed E-state index contributed by atoms with van der Waals surface area (Å²) in [5, 5.41) is 9.18. The minimum atomic E-state index is -0.604. The molecule has 0 aromatic rings. The van der Waals surface area contributed by atoms with Gasteiger partial charge < -0.3 is 5.11 Å². The SMILES string of the molecule is CC(C)(C)C1CCC(N2CCCC(C(=O)O)C2)CC1. The number of piperidine rings is 1. The monoisotopic (exact) mass is 267 g/mol. The molecule has 3 nitrogen and oxygen atoms in total. The Morgan fingerprint density at radius 2 is 1.74 bits per heavy atom. The van der Waals surface area contributed by atoms with E-state index in [9.17, 15) is 9.90 Å². The molecular weight excluding hydrogens is 238 g/mol. The van der Waals surface area contributed by atoms with Gasteiger partial charge in [-0.25, -0.2) is 0 Å². The van der Waals surface area contributed by atoms with Crippen LogP contribution in [0.5, 0.6) is 0 Å². The molecule has 19 heavy (non-hydrogen) atoms. The van der Waals surface area contributed by atoms with E-state index in [1.54, 1.807) is 0 Å². The molecule has 1 atom stereocenters. The molecule has 0 radical (unpaired) electrons. The van der Waals surface area contributed by atoms with Crippen molar-refractivity contribution >= 4 is 5.97 Å². The number of hydrogen-bond acceptors (Lipinski definition) is 2. The van der Waals surface area contributed by atoms with E-state index in [1.165, 1.54) is 25.7 Å². The van der Waals surface area contributed by atoms with Crippen molar-refractivity contribution in [2.75, 3.05) is 13.1 Å². The molecule has 3 heteroatoms. The van der Waals surface area contributed by atoms with Crippen molar-refractivity contribution in [2.45, 2.75) is 65.3 Å². The second-order valence-corrected chi connectivity index (χ2v) is 7.54. The Balaban J connectivity index is 1.86. The van der Waals surface area contributed by atoms with Crippen molar-refractivity contribution in [2.24, 2.45) is 17.3 Å². The Kier molecular flexibility index (Phi) is 4.54. The van der Waals surface area contributed by atoms with Crippen molar-refractivity contribution < 1.29 is 9.90 Å². The average molecular weight is 267 g/mol. The molecule has 0 amide bonds. The van der Waals surface area contributed by atoms with Crippen LogP contribution in [0.4, 0.5) is 0 Å². The third kappa shape index (κ3) is 3.71. The van der Waals surface area contributed by atoms with Crippen LogP contribution >= 0.6 is 0 Å². The molecule has 2 aliphatic rings. The van der Waals surface area contributed by atoms with Crippen LogP contribution in [0.25, 0.3) is 0 Å². The summed E-state index contributed by atoms with van der Waals surface area (Å²) in [5.41, 5.74) is 0.427. The predicted molar refractivity (Wildman–Crippen MR) is 77.1 cm³/mol. The summed E-state index contributed by atoms with van der Waals surface area (Å²) in [6, 6.07) is 0.640. The van der Waals surface area contributed by atoms with Crippen molar-refractivity contribution in [3.8, 4) is 0 Å². The van der Waals surface area contributed by atoms with Crippen LogP contribution in [0.3, 0.4) is 0 Å². The second-order valence-electron chi connectivity index (χ2n) is 7.54. The quantitative estimate of drug-likeness (QED) is 0.833. The van der Waals surface area contributed by atoms with Crippen LogP contribution in [0.2, 0.25) is 0 Å². The Bertz CT molecular complexity index is 313. The maximum Gasteiger partial charge on any atom is 0.307 e. The number of aliphatic carboxylic acids is 1. The summed E-state index contributed by atoms with van der Waals surface area (Å²) in [5.74, 6) is 0.103. The van der Waals surface area contributed by atoms with E-state index in [0.29, 0.717) is 11.5 Å². The third-order valence-corrected chi connectivity index (χ3v) is 5.24. The molecule has 0 spiro atoms. The summed E-state index contributed by atoms with van der Waals surface area (Å²) in [6.45, 7) is 8.92. The summed E-state index contributed by atoms with van der Waals surface area (Å²) in [6.07, 6.45) is 7.05. The topological polar surface area (TPSA) is 40.5 Å². The lowest BCUT2D eigenvalue weighted by Crippen LogP contribution is -2.46. The first kappa shape index (κ1) is 14.8. The number of likely N-dealkylation sites (tertiary alicyclic amines) is 1. The summed E-state index contributed by atoms with van der Waals surface area (Å²) >= 11 is 0. The number of rotatable bonds is 2. The van der Waals surface area contributed by atoms with Gasteiger partial charge in [-0.05, 0) is 56.4 Å². The first-order valence-corrected chi connectivity index (χ1v) is 7.85. The zero-order valence-corrected chi connectivity index (χ0v) is 12.7.